The number of hydrogen-bond acceptors (Lipinski definition) is 6. The van der Waals surface area contributed by atoms with Gasteiger partial charge in [0.15, 0.2) is 0 Å². The molecule has 8 nitrogen and oxygen atoms in total. The third-order valence-corrected chi connectivity index (χ3v) is 8.79. The number of amides is 1. The van der Waals surface area contributed by atoms with Crippen LogP contribution in [0.5, 0.6) is 0 Å². The van der Waals surface area contributed by atoms with Gasteiger partial charge in [0.1, 0.15) is 0 Å². The van der Waals surface area contributed by atoms with E-state index < -0.39 is 20.0 Å². The largest absolute Gasteiger partial charge is 0.472 e. The first kappa shape index (κ1) is 50.2. The molecule has 9 heteroatoms. The molecule has 0 aromatic carbocycles. The van der Waals surface area contributed by atoms with Gasteiger partial charge in [-0.15, -0.1) is 0 Å². The second-order valence-electron chi connectivity index (χ2n) is 12.7. The zero-order valence-corrected chi connectivity index (χ0v) is 33.8. The van der Waals surface area contributed by atoms with E-state index in [-0.39, 0.29) is 32.1 Å². The summed E-state index contributed by atoms with van der Waals surface area (Å²) in [6.07, 6.45) is 54.3. The third kappa shape index (κ3) is 37.3. The molecule has 0 aliphatic rings. The fourth-order valence-corrected chi connectivity index (χ4v) is 5.57. The molecule has 300 valence electrons. The van der Waals surface area contributed by atoms with Gasteiger partial charge in [0.2, 0.25) is 5.91 Å². The van der Waals surface area contributed by atoms with Gasteiger partial charge in [-0.2, -0.15) is 0 Å². The van der Waals surface area contributed by atoms with E-state index in [9.17, 15) is 19.4 Å². The number of phosphoric ester groups is 1. The Kier molecular flexibility index (Phi) is 36.8. The summed E-state index contributed by atoms with van der Waals surface area (Å²) < 4.78 is 22.0. The highest BCUT2D eigenvalue weighted by Crippen LogP contribution is 2.43. The van der Waals surface area contributed by atoms with Crippen LogP contribution in [0.1, 0.15) is 129 Å². The molecule has 0 rings (SSSR count). The molecule has 1 amide bonds. The number of unbranched alkanes of at least 4 members (excludes halogenated alkanes) is 7. The molecule has 3 atom stereocenters. The van der Waals surface area contributed by atoms with Gasteiger partial charge in [-0.1, -0.05) is 136 Å². The molecule has 0 aliphatic carbocycles. The van der Waals surface area contributed by atoms with Crippen LogP contribution in [0.15, 0.2) is 109 Å². The molecule has 53 heavy (non-hydrogen) atoms. The van der Waals surface area contributed by atoms with Crippen LogP contribution in [-0.4, -0.2) is 47.8 Å². The number of carbonyl (C=O) groups excluding carboxylic acids is 1. The summed E-state index contributed by atoms with van der Waals surface area (Å²) in [5.41, 5.74) is 5.35. The van der Waals surface area contributed by atoms with Crippen LogP contribution in [0.4, 0.5) is 0 Å². The van der Waals surface area contributed by atoms with Gasteiger partial charge in [0, 0.05) is 13.0 Å². The molecule has 0 heterocycles. The first-order chi connectivity index (χ1) is 25.9. The Bertz CT molecular complexity index is 1180. The summed E-state index contributed by atoms with van der Waals surface area (Å²) in [5.74, 6) is -0.258. The molecule has 0 aromatic rings. The average molecular weight is 757 g/mol. The van der Waals surface area contributed by atoms with Crippen LogP contribution in [0.3, 0.4) is 0 Å². The van der Waals surface area contributed by atoms with Gasteiger partial charge in [0.25, 0.3) is 0 Å². The first-order valence-electron chi connectivity index (χ1n) is 20.0. The number of aliphatic hydroxyl groups is 1. The van der Waals surface area contributed by atoms with Crippen LogP contribution < -0.4 is 11.1 Å². The van der Waals surface area contributed by atoms with Crippen molar-refractivity contribution in [2.24, 2.45) is 5.73 Å². The minimum atomic E-state index is -4.37. The number of nitrogens with two attached hydrogens (primary N) is 1. The Hall–Kier alpha value is -2.84. The van der Waals surface area contributed by atoms with Crippen molar-refractivity contribution in [3.63, 3.8) is 0 Å². The maximum atomic E-state index is 12.7. The molecule has 0 fully saturated rings. The lowest BCUT2D eigenvalue weighted by Crippen LogP contribution is -2.45. The molecule has 5 N–H and O–H groups in total. The topological polar surface area (TPSA) is 131 Å². The molecule has 0 aliphatic heterocycles. The number of rotatable bonds is 35. The highest BCUT2D eigenvalue weighted by Gasteiger charge is 2.26. The van der Waals surface area contributed by atoms with E-state index in [0.29, 0.717) is 12.8 Å². The van der Waals surface area contributed by atoms with E-state index in [0.717, 1.165) is 77.0 Å². The molecule has 0 radical (unpaired) electrons. The Balaban J connectivity index is 4.44. The van der Waals surface area contributed by atoms with E-state index in [1.54, 1.807) is 6.08 Å². The number of nitrogens with one attached hydrogen (secondary N) is 1. The highest BCUT2D eigenvalue weighted by atomic mass is 31.2. The predicted octanol–water partition coefficient (Wildman–Crippen LogP) is 11.0. The summed E-state index contributed by atoms with van der Waals surface area (Å²) in [6, 6.07) is -0.913. The van der Waals surface area contributed by atoms with Crippen molar-refractivity contribution in [3.8, 4) is 0 Å². The fourth-order valence-electron chi connectivity index (χ4n) is 4.81. The monoisotopic (exact) mass is 757 g/mol. The van der Waals surface area contributed by atoms with E-state index in [1.807, 2.05) is 6.08 Å². The smallest absolute Gasteiger partial charge is 0.387 e. The van der Waals surface area contributed by atoms with E-state index in [2.05, 4.69) is 116 Å². The zero-order valence-electron chi connectivity index (χ0n) is 32.9. The van der Waals surface area contributed by atoms with Gasteiger partial charge in [-0.25, -0.2) is 4.57 Å². The van der Waals surface area contributed by atoms with Crippen LogP contribution in [0.25, 0.3) is 0 Å². The van der Waals surface area contributed by atoms with Crippen molar-refractivity contribution < 1.29 is 28.4 Å². The van der Waals surface area contributed by atoms with E-state index in [4.69, 9.17) is 14.8 Å². The molecule has 0 aromatic heterocycles. The lowest BCUT2D eigenvalue weighted by Gasteiger charge is -2.23. The average Bonchev–Trinajstić information content (AvgIpc) is 3.14. The SMILES string of the molecule is CC/C=C\C/C=C\C/C=C\C/C=C\C/C=C\C/C=C\CCCCC(=O)NC(COP(=O)(O)OCCN)C(O)/C=C/CC/C=C/CC/C=C/CCCCC. The maximum Gasteiger partial charge on any atom is 0.472 e. The van der Waals surface area contributed by atoms with Crippen molar-refractivity contribution in [2.45, 2.75) is 142 Å². The molecule has 0 bridgehead atoms. The summed E-state index contributed by atoms with van der Waals surface area (Å²) in [6.45, 7) is 3.88. The summed E-state index contributed by atoms with van der Waals surface area (Å²) >= 11 is 0. The number of aliphatic hydroxyl groups excluding tert-OH is 1. The third-order valence-electron chi connectivity index (χ3n) is 7.81. The first-order valence-corrected chi connectivity index (χ1v) is 21.5. The van der Waals surface area contributed by atoms with E-state index in [1.165, 1.54) is 19.3 Å². The summed E-state index contributed by atoms with van der Waals surface area (Å²) in [7, 11) is -4.37. The van der Waals surface area contributed by atoms with Crippen molar-refractivity contribution in [1.29, 1.82) is 0 Å². The molecule has 0 saturated heterocycles. The molecule has 0 spiro atoms. The molecular weight excluding hydrogens is 683 g/mol. The normalized spacial score (nSPS) is 15.3. The minimum Gasteiger partial charge on any atom is -0.387 e. The minimum absolute atomic E-state index is 0.0577. The number of allylic oxidation sites excluding steroid dienone is 17. The molecule has 3 unspecified atom stereocenters. The predicted molar refractivity (Wildman–Crippen MR) is 225 cm³/mol. The van der Waals surface area contributed by atoms with Crippen LogP contribution >= 0.6 is 7.82 Å². The molecule has 0 saturated carbocycles. The lowest BCUT2D eigenvalue weighted by molar-refractivity contribution is -0.123. The highest BCUT2D eigenvalue weighted by molar-refractivity contribution is 7.47. The standard InChI is InChI=1S/C44H73N2O6P/c1-3-5-7-9-11-13-15-17-18-19-20-21-22-23-24-26-28-30-32-34-36-38-44(48)46-42(41-52-53(49,50)51-40-39-45)43(47)37-35-33-31-29-27-25-16-14-12-10-8-6-4-2/h5,7,11-14,17-18,20-21,23-24,27-30,35,37,42-43,47H,3-4,6,8-10,15-16,19,22,25-26,31-34,36,38-41,45H2,1-2H3,(H,46,48)(H,49,50)/b7-5-,13-11-,14-12+,18-17-,21-20-,24-23-,29-27+,30-28-,37-35+. The van der Waals surface area contributed by atoms with Crippen molar-refractivity contribution in [2.75, 3.05) is 19.8 Å². The Morgan fingerprint density at radius 3 is 1.60 bits per heavy atom. The number of phosphoric acid groups is 1. The van der Waals surface area contributed by atoms with Crippen LogP contribution in [0, 0.1) is 0 Å². The van der Waals surface area contributed by atoms with E-state index >= 15 is 0 Å². The van der Waals surface area contributed by atoms with Crippen molar-refractivity contribution in [1.82, 2.24) is 5.32 Å². The van der Waals surface area contributed by atoms with Gasteiger partial charge < -0.3 is 21.1 Å². The lowest BCUT2D eigenvalue weighted by atomic mass is 10.1. The van der Waals surface area contributed by atoms with Crippen LogP contribution in [0.2, 0.25) is 0 Å². The van der Waals surface area contributed by atoms with Crippen LogP contribution in [-0.2, 0) is 18.4 Å². The second kappa shape index (κ2) is 38.9. The quantitative estimate of drug-likeness (QED) is 0.0288. The maximum absolute atomic E-state index is 12.7. The Labute approximate surface area is 323 Å². The number of hydrogen-bond donors (Lipinski definition) is 4. The summed E-state index contributed by atoms with van der Waals surface area (Å²) in [5, 5.41) is 13.6. The van der Waals surface area contributed by atoms with Crippen molar-refractivity contribution in [3.05, 3.63) is 109 Å². The Morgan fingerprint density at radius 2 is 1.09 bits per heavy atom. The fraction of sp³-hybridized carbons (Fsp3) is 0.568. The van der Waals surface area contributed by atoms with Crippen molar-refractivity contribution >= 4 is 13.7 Å². The Morgan fingerprint density at radius 1 is 0.642 bits per heavy atom. The van der Waals surface area contributed by atoms with Gasteiger partial charge in [0.05, 0.1) is 25.4 Å². The number of carbonyl (C=O) groups is 1. The van der Waals surface area contributed by atoms with Gasteiger partial charge in [-0.3, -0.25) is 13.8 Å². The summed E-state index contributed by atoms with van der Waals surface area (Å²) in [4.78, 5) is 22.6. The second-order valence-corrected chi connectivity index (χ2v) is 14.2. The van der Waals surface area contributed by atoms with Gasteiger partial charge >= 0.3 is 7.82 Å². The van der Waals surface area contributed by atoms with Gasteiger partial charge in [-0.05, 0) is 96.3 Å². The zero-order chi connectivity index (χ0) is 38.9. The molecular formula is C44H73N2O6P.